The van der Waals surface area contributed by atoms with Gasteiger partial charge in [-0.15, -0.1) is 0 Å². The molecule has 0 amide bonds. The van der Waals surface area contributed by atoms with Crippen LogP contribution in [0.25, 0.3) is 0 Å². The summed E-state index contributed by atoms with van der Waals surface area (Å²) in [6, 6.07) is 52.4. The maximum atomic E-state index is 11.9. The normalized spacial score (nSPS) is 12.0. The fourth-order valence-corrected chi connectivity index (χ4v) is 11.4. The average molecular weight is 1240 g/mol. The van der Waals surface area contributed by atoms with Gasteiger partial charge in [0.25, 0.3) is 0 Å². The highest BCUT2D eigenvalue weighted by atomic mass is 16.3. The number of hydrogen-bond donors (Lipinski definition) is 8. The Kier molecular flexibility index (Phi) is 22.2. The highest BCUT2D eigenvalue weighted by Crippen LogP contribution is 2.44. The summed E-state index contributed by atoms with van der Waals surface area (Å²) in [7, 11) is 0. The van der Waals surface area contributed by atoms with Crippen molar-refractivity contribution < 1.29 is 45.6 Å². The van der Waals surface area contributed by atoms with E-state index in [2.05, 4.69) is 159 Å². The fraction of sp³-hybridized carbons (Fsp3) is 0.337. The molecule has 9 aromatic carbocycles. The first-order chi connectivity index (χ1) is 42.5. The van der Waals surface area contributed by atoms with Gasteiger partial charge in [0.1, 0.15) is 46.0 Å². The molecule has 9 heteroatoms. The molecule has 0 radical (unpaired) electrons. The van der Waals surface area contributed by atoms with E-state index in [1.165, 1.54) is 68.8 Å². The van der Waals surface area contributed by atoms with Crippen LogP contribution in [-0.2, 0) is 45.3 Å². The Morgan fingerprint density at radius 3 is 0.663 bits per heavy atom. The molecule has 0 atom stereocenters. The van der Waals surface area contributed by atoms with E-state index >= 15 is 0 Å². The molecule has 9 rings (SSSR count). The lowest BCUT2D eigenvalue weighted by Gasteiger charge is -2.29. The number of ketones is 1. The SMILES string of the molecule is CC(C)(C)c1cc(Cc2cc(C(C)(C)C)c(O)c(C(C)(C)C)c2)cc(C(C)(C)C)c1O.CC(C)(c1ccc(O)cc1)c1ccc(C(C)(C)c2ccc(O)cc2)cc1.Cc1cc(Cc2cc(C)c(O)c(C)c2)cc(C)c1O.O=C(c1ccc(O)cc1)c1ccc(O)cc1. The highest BCUT2D eigenvalue weighted by Gasteiger charge is 2.30. The Hall–Kier alpha value is -8.95. The molecule has 0 bridgehead atoms. The Labute approximate surface area is 548 Å². The van der Waals surface area contributed by atoms with Crippen LogP contribution in [0.15, 0.2) is 170 Å². The first-order valence-electron chi connectivity index (χ1n) is 31.6. The average Bonchev–Trinajstić information content (AvgIpc) is 0.789. The zero-order valence-electron chi connectivity index (χ0n) is 58.1. The maximum absolute atomic E-state index is 11.9. The highest BCUT2D eigenvalue weighted by molar-refractivity contribution is 6.09. The van der Waals surface area contributed by atoms with Crippen molar-refractivity contribution in [2.45, 2.75) is 184 Å². The quantitative estimate of drug-likeness (QED) is 0.0619. The first kappa shape index (κ1) is 72.1. The predicted octanol–water partition coefficient (Wildman–Crippen LogP) is 19.9. The molecule has 0 spiro atoms. The minimum absolute atomic E-state index is 0.127. The predicted molar refractivity (Wildman–Crippen MR) is 378 cm³/mol. The van der Waals surface area contributed by atoms with Gasteiger partial charge < -0.3 is 40.9 Å². The van der Waals surface area contributed by atoms with Crippen molar-refractivity contribution in [1.82, 2.24) is 0 Å². The third kappa shape index (κ3) is 18.2. The van der Waals surface area contributed by atoms with Crippen molar-refractivity contribution in [3.05, 3.63) is 270 Å². The monoisotopic (exact) mass is 1240 g/mol. The Morgan fingerprint density at radius 1 is 0.272 bits per heavy atom. The van der Waals surface area contributed by atoms with Crippen LogP contribution in [0.5, 0.6) is 46.0 Å². The van der Waals surface area contributed by atoms with Gasteiger partial charge in [0.2, 0.25) is 0 Å². The van der Waals surface area contributed by atoms with Gasteiger partial charge in [0.05, 0.1) is 0 Å². The number of phenols is 8. The Balaban J connectivity index is 0.000000200. The third-order valence-corrected chi connectivity index (χ3v) is 17.3. The van der Waals surface area contributed by atoms with Crippen LogP contribution in [0, 0.1) is 27.7 Å². The van der Waals surface area contributed by atoms with E-state index < -0.39 is 0 Å². The number of hydrogen-bond acceptors (Lipinski definition) is 9. The fourth-order valence-electron chi connectivity index (χ4n) is 11.4. The van der Waals surface area contributed by atoms with Crippen LogP contribution in [0.2, 0.25) is 0 Å². The van der Waals surface area contributed by atoms with E-state index in [1.54, 1.807) is 48.5 Å². The van der Waals surface area contributed by atoms with Crippen LogP contribution in [0.3, 0.4) is 0 Å². The summed E-state index contributed by atoms with van der Waals surface area (Å²) in [5.74, 6) is 2.28. The molecule has 0 unspecified atom stereocenters. The molecule has 0 aliphatic carbocycles. The van der Waals surface area contributed by atoms with Gasteiger partial charge in [0, 0.05) is 22.0 Å². The second-order valence-electron chi connectivity index (χ2n) is 29.9. The van der Waals surface area contributed by atoms with Crippen LogP contribution in [0.4, 0.5) is 0 Å². The van der Waals surface area contributed by atoms with Crippen molar-refractivity contribution >= 4 is 5.78 Å². The van der Waals surface area contributed by atoms with Gasteiger partial charge in [-0.3, -0.25) is 4.79 Å². The van der Waals surface area contributed by atoms with E-state index in [1.807, 2.05) is 76.2 Å². The topological polar surface area (TPSA) is 179 Å². The molecule has 0 fully saturated rings. The van der Waals surface area contributed by atoms with E-state index in [9.17, 15) is 35.4 Å². The van der Waals surface area contributed by atoms with Gasteiger partial charge in [-0.05, 0) is 224 Å². The zero-order chi connectivity index (χ0) is 68.8. The van der Waals surface area contributed by atoms with Gasteiger partial charge in [-0.2, -0.15) is 0 Å². The van der Waals surface area contributed by atoms with E-state index in [4.69, 9.17) is 10.2 Å². The Bertz CT molecular complexity index is 3610. The molecule has 0 saturated heterocycles. The summed E-state index contributed by atoms with van der Waals surface area (Å²) in [5, 5.41) is 78.9. The first-order valence-corrected chi connectivity index (χ1v) is 31.6. The van der Waals surface area contributed by atoms with Crippen molar-refractivity contribution in [1.29, 1.82) is 0 Å². The van der Waals surface area contributed by atoms with Crippen molar-refractivity contribution in [2.75, 3.05) is 0 Å². The number of phenolic OH excluding ortho intramolecular Hbond substituents is 8. The third-order valence-electron chi connectivity index (χ3n) is 17.3. The number of carbonyl (C=O) groups is 1. The summed E-state index contributed by atoms with van der Waals surface area (Å²) >= 11 is 0. The molecule has 0 aromatic heterocycles. The van der Waals surface area contributed by atoms with Crippen molar-refractivity contribution in [3.8, 4) is 46.0 Å². The smallest absolute Gasteiger partial charge is 0.193 e. The standard InChI is InChI=1S/C29H44O2.C24H26O2.C17H20O2.C13H10O3/c1-26(2,3)20-14-18(15-21(24(20)30)27(4,5)6)13-19-16-22(28(7,8)9)25(31)23(17-19)29(10,11)12;1-23(2,19-9-13-21(25)14-10-19)17-5-7-18(8-6-17)24(3,4)20-11-15-22(26)16-12-20;1-10-5-14(6-11(2)16(10)18)9-15-7-12(3)17(19)13(4)8-15;14-11-5-1-9(2-6-11)13(16)10-3-7-12(15)8-4-10/h14-17,30-31H,13H2,1-12H3;5-16,25-26H,1-4H3;5-8,18-19H,9H2,1-4H3;1-8,14-15H. The summed E-state index contributed by atoms with van der Waals surface area (Å²) in [6.07, 6.45) is 1.57. The van der Waals surface area contributed by atoms with Crippen molar-refractivity contribution in [2.24, 2.45) is 0 Å². The number of aryl methyl sites for hydroxylation is 4. The summed E-state index contributed by atoms with van der Waals surface area (Å²) in [6.45, 7) is 42.2. The number of aromatic hydroxyl groups is 8. The second kappa shape index (κ2) is 28.3. The lowest BCUT2D eigenvalue weighted by molar-refractivity contribution is 0.103. The van der Waals surface area contributed by atoms with Gasteiger partial charge in [0.15, 0.2) is 5.78 Å². The molecule has 9 nitrogen and oxygen atoms in total. The minimum Gasteiger partial charge on any atom is -0.508 e. The van der Waals surface area contributed by atoms with E-state index in [0.717, 1.165) is 57.3 Å². The second-order valence-corrected chi connectivity index (χ2v) is 29.9. The zero-order valence-corrected chi connectivity index (χ0v) is 58.1. The maximum Gasteiger partial charge on any atom is 0.193 e. The lowest BCUT2D eigenvalue weighted by Crippen LogP contribution is -2.21. The lowest BCUT2D eigenvalue weighted by atomic mass is 9.74. The van der Waals surface area contributed by atoms with Crippen LogP contribution >= 0.6 is 0 Å². The van der Waals surface area contributed by atoms with Crippen LogP contribution in [0.1, 0.15) is 216 Å². The number of rotatable bonds is 10. The van der Waals surface area contributed by atoms with Gasteiger partial charge in [-0.25, -0.2) is 0 Å². The largest absolute Gasteiger partial charge is 0.508 e. The Morgan fingerprint density at radius 2 is 0.457 bits per heavy atom. The molecular formula is C83H100O9. The van der Waals surface area contributed by atoms with Crippen molar-refractivity contribution in [3.63, 3.8) is 0 Å². The van der Waals surface area contributed by atoms with Gasteiger partial charge in [-0.1, -0.05) is 208 Å². The molecule has 0 heterocycles. The molecule has 0 aliphatic heterocycles. The minimum atomic E-state index is -0.151. The number of carbonyl (C=O) groups excluding carboxylic acids is 1. The molecule has 9 aromatic rings. The molecule has 0 saturated carbocycles. The molecule has 486 valence electrons. The van der Waals surface area contributed by atoms with E-state index in [-0.39, 0.29) is 61.3 Å². The summed E-state index contributed by atoms with van der Waals surface area (Å²) in [5.41, 5.74) is 17.2. The molecular weight excluding hydrogens is 1140 g/mol. The molecule has 0 aliphatic rings. The summed E-state index contributed by atoms with van der Waals surface area (Å²) < 4.78 is 0. The summed E-state index contributed by atoms with van der Waals surface area (Å²) in [4.78, 5) is 11.9. The van der Waals surface area contributed by atoms with Gasteiger partial charge >= 0.3 is 0 Å². The number of benzene rings is 9. The van der Waals surface area contributed by atoms with E-state index in [0.29, 0.717) is 34.1 Å². The molecule has 8 N–H and O–H groups in total. The van der Waals surface area contributed by atoms with Crippen LogP contribution < -0.4 is 0 Å². The molecule has 92 heavy (non-hydrogen) atoms. The van der Waals surface area contributed by atoms with Crippen LogP contribution in [-0.4, -0.2) is 46.6 Å².